The molecule has 4 unspecified atom stereocenters. The van der Waals surface area contributed by atoms with Crippen LogP contribution in [0, 0.1) is 11.8 Å². The molecule has 1 N–H and O–H groups in total. The highest BCUT2D eigenvalue weighted by Crippen LogP contribution is 2.45. The van der Waals surface area contributed by atoms with Crippen LogP contribution in [0.4, 0.5) is 0 Å². The molecule has 0 aromatic rings. The van der Waals surface area contributed by atoms with Crippen molar-refractivity contribution >= 4 is 22.7 Å². The van der Waals surface area contributed by atoms with Crippen LogP contribution < -0.4 is 5.32 Å². The Morgan fingerprint density at radius 3 is 2.50 bits per heavy atom. The number of rotatable bonds is 4. The van der Waals surface area contributed by atoms with Gasteiger partial charge in [0, 0.05) is 14.8 Å². The molecule has 0 saturated carbocycles. The first-order chi connectivity index (χ1) is 8.36. The first kappa shape index (κ1) is 16.3. The van der Waals surface area contributed by atoms with E-state index in [1.165, 1.54) is 6.92 Å². The lowest BCUT2D eigenvalue weighted by Crippen LogP contribution is -2.56. The standard InChI is InChI=1S/C12H25NO3P2/c1-6-10-7(2)8(3)11(13-9(4)14)12(15-10)16-18(5)17/h7-8,10-12H,6,17H2,1-5H3,(H,13,14)/t7-,8-,10?,11?,12-,18?/m0/s1. The molecule has 0 aromatic carbocycles. The number of ether oxygens (including phenoxy) is 1. The Kier molecular flexibility index (Phi) is 6.47. The normalized spacial score (nSPS) is 38.2. The lowest BCUT2D eigenvalue weighted by molar-refractivity contribution is -0.196. The lowest BCUT2D eigenvalue weighted by Gasteiger charge is -2.44. The monoisotopic (exact) mass is 293 g/mol. The molecule has 4 nitrogen and oxygen atoms in total. The Hall–Kier alpha value is 0.250. The van der Waals surface area contributed by atoms with Crippen molar-refractivity contribution in [2.75, 3.05) is 6.66 Å². The highest BCUT2D eigenvalue weighted by molar-refractivity contribution is 8.10. The molecule has 1 saturated heterocycles. The first-order valence-electron chi connectivity index (χ1n) is 6.44. The van der Waals surface area contributed by atoms with Gasteiger partial charge in [0.1, 0.15) is 0 Å². The van der Waals surface area contributed by atoms with Crippen LogP contribution >= 0.6 is 16.8 Å². The van der Waals surface area contributed by atoms with Gasteiger partial charge < -0.3 is 14.6 Å². The molecule has 0 aliphatic carbocycles. The number of hydrogen-bond acceptors (Lipinski definition) is 3. The second-order valence-electron chi connectivity index (χ2n) is 5.05. The summed E-state index contributed by atoms with van der Waals surface area (Å²) < 4.78 is 11.9. The van der Waals surface area contributed by atoms with Gasteiger partial charge in [0.15, 0.2) is 6.29 Å². The van der Waals surface area contributed by atoms with E-state index in [4.69, 9.17) is 9.26 Å². The summed E-state index contributed by atoms with van der Waals surface area (Å²) in [5.41, 5.74) is 0. The van der Waals surface area contributed by atoms with Gasteiger partial charge in [-0.1, -0.05) is 29.7 Å². The zero-order valence-electron chi connectivity index (χ0n) is 11.8. The molecule has 1 fully saturated rings. The second-order valence-corrected chi connectivity index (χ2v) is 8.53. The topological polar surface area (TPSA) is 47.6 Å². The summed E-state index contributed by atoms with van der Waals surface area (Å²) in [7, 11) is 2.07. The Morgan fingerprint density at radius 1 is 1.44 bits per heavy atom. The average molecular weight is 293 g/mol. The molecule has 1 aliphatic heterocycles. The minimum atomic E-state index is -0.592. The van der Waals surface area contributed by atoms with Crippen LogP contribution in [0.25, 0.3) is 0 Å². The smallest absolute Gasteiger partial charge is 0.217 e. The molecule has 0 spiro atoms. The van der Waals surface area contributed by atoms with Crippen molar-refractivity contribution in [3.05, 3.63) is 0 Å². The van der Waals surface area contributed by atoms with Crippen molar-refractivity contribution < 1.29 is 14.1 Å². The number of nitrogens with one attached hydrogen (secondary N) is 1. The zero-order chi connectivity index (χ0) is 13.9. The second kappa shape index (κ2) is 7.14. The Bertz CT molecular complexity index is 288. The fourth-order valence-electron chi connectivity index (χ4n) is 2.45. The van der Waals surface area contributed by atoms with E-state index in [1.807, 2.05) is 6.66 Å². The van der Waals surface area contributed by atoms with Gasteiger partial charge in [0.05, 0.1) is 12.1 Å². The van der Waals surface area contributed by atoms with Gasteiger partial charge in [0.2, 0.25) is 5.91 Å². The van der Waals surface area contributed by atoms with E-state index in [-0.39, 0.29) is 24.3 Å². The molecule has 1 amide bonds. The van der Waals surface area contributed by atoms with E-state index >= 15 is 0 Å². The Labute approximate surface area is 113 Å². The van der Waals surface area contributed by atoms with Gasteiger partial charge in [-0.15, -0.1) is 0 Å². The van der Waals surface area contributed by atoms with Crippen LogP contribution in [0.1, 0.15) is 34.1 Å². The van der Waals surface area contributed by atoms with Crippen molar-refractivity contribution in [3.63, 3.8) is 0 Å². The van der Waals surface area contributed by atoms with E-state index in [1.54, 1.807) is 0 Å². The van der Waals surface area contributed by atoms with Gasteiger partial charge in [0.25, 0.3) is 0 Å². The lowest BCUT2D eigenvalue weighted by atomic mass is 9.81. The summed E-state index contributed by atoms with van der Waals surface area (Å²) in [5.74, 6) is 0.729. The molecule has 18 heavy (non-hydrogen) atoms. The van der Waals surface area contributed by atoms with Crippen LogP contribution in [-0.4, -0.2) is 31.0 Å². The largest absolute Gasteiger partial charge is 0.348 e. The molecule has 1 aliphatic rings. The highest BCUT2D eigenvalue weighted by atomic mass is 32.0. The molecule has 1 rings (SSSR count). The summed E-state index contributed by atoms with van der Waals surface area (Å²) in [6.07, 6.45) is 0.838. The Morgan fingerprint density at radius 2 is 2.06 bits per heavy atom. The van der Waals surface area contributed by atoms with Gasteiger partial charge in [-0.05, 0) is 24.9 Å². The van der Waals surface area contributed by atoms with E-state index < -0.39 is 7.84 Å². The zero-order valence-corrected chi connectivity index (χ0v) is 13.9. The molecule has 6 heteroatoms. The summed E-state index contributed by atoms with van der Waals surface area (Å²) in [5, 5.41) is 2.97. The number of amides is 1. The summed E-state index contributed by atoms with van der Waals surface area (Å²) in [6, 6.07) is -0.0641. The summed E-state index contributed by atoms with van der Waals surface area (Å²) in [4.78, 5) is 11.3. The van der Waals surface area contributed by atoms with Gasteiger partial charge in [-0.25, -0.2) is 0 Å². The third-order valence-electron chi connectivity index (χ3n) is 3.63. The maximum atomic E-state index is 11.3. The molecule has 0 aromatic heterocycles. The third-order valence-corrected chi connectivity index (χ3v) is 4.53. The minimum Gasteiger partial charge on any atom is -0.348 e. The summed E-state index contributed by atoms with van der Waals surface area (Å²) in [6.45, 7) is 10.0. The van der Waals surface area contributed by atoms with Crippen LogP contribution in [0.5, 0.6) is 0 Å². The number of carbonyl (C=O) groups excluding carboxylic acids is 1. The van der Waals surface area contributed by atoms with E-state index in [0.717, 1.165) is 6.42 Å². The third kappa shape index (κ3) is 4.13. The van der Waals surface area contributed by atoms with Crippen molar-refractivity contribution in [1.29, 1.82) is 0 Å². The number of hydrogen-bond donors (Lipinski definition) is 1. The number of carbonyl (C=O) groups is 1. The highest BCUT2D eigenvalue weighted by Gasteiger charge is 2.42. The Balaban J connectivity index is 2.83. The van der Waals surface area contributed by atoms with E-state index in [2.05, 4.69) is 35.0 Å². The van der Waals surface area contributed by atoms with Crippen molar-refractivity contribution in [2.45, 2.75) is 52.6 Å². The first-order valence-corrected chi connectivity index (χ1v) is 9.77. The van der Waals surface area contributed by atoms with Crippen molar-refractivity contribution in [3.8, 4) is 0 Å². The molecular weight excluding hydrogens is 268 g/mol. The SMILES string of the molecule is CCC1O[C@@H](OP(C)P)C(NC(C)=O)[C@@H](C)[C@@H]1C. The molecule has 1 heterocycles. The molecule has 7 atom stereocenters. The fourth-order valence-corrected chi connectivity index (χ4v) is 3.32. The quantitative estimate of drug-likeness (QED) is 0.811. The maximum absolute atomic E-state index is 11.3. The predicted octanol–water partition coefficient (Wildman–Crippen LogP) is 2.73. The van der Waals surface area contributed by atoms with Crippen LogP contribution in [0.3, 0.4) is 0 Å². The predicted molar refractivity (Wildman–Crippen MR) is 78.5 cm³/mol. The van der Waals surface area contributed by atoms with Crippen molar-refractivity contribution in [1.82, 2.24) is 5.32 Å². The van der Waals surface area contributed by atoms with Crippen LogP contribution in [0.15, 0.2) is 0 Å². The van der Waals surface area contributed by atoms with Crippen LogP contribution in [0.2, 0.25) is 0 Å². The van der Waals surface area contributed by atoms with Crippen molar-refractivity contribution in [2.24, 2.45) is 11.8 Å². The molecule has 106 valence electrons. The van der Waals surface area contributed by atoms with E-state index in [9.17, 15) is 4.79 Å². The van der Waals surface area contributed by atoms with Gasteiger partial charge in [-0.2, -0.15) is 0 Å². The average Bonchev–Trinajstić information content (AvgIpc) is 2.27. The minimum absolute atomic E-state index is 0.0321. The van der Waals surface area contributed by atoms with Gasteiger partial charge in [-0.3, -0.25) is 4.79 Å². The maximum Gasteiger partial charge on any atom is 0.217 e. The van der Waals surface area contributed by atoms with Gasteiger partial charge >= 0.3 is 0 Å². The van der Waals surface area contributed by atoms with E-state index in [0.29, 0.717) is 11.8 Å². The summed E-state index contributed by atoms with van der Waals surface area (Å²) >= 11 is 0. The molecule has 0 radical (unpaired) electrons. The van der Waals surface area contributed by atoms with Crippen LogP contribution in [-0.2, 0) is 14.1 Å². The molecular formula is C12H25NO3P2. The molecule has 0 bridgehead atoms. The fraction of sp³-hybridized carbons (Fsp3) is 0.917.